The molecule has 3 rings (SSSR count). The van der Waals surface area contributed by atoms with E-state index in [9.17, 15) is 9.59 Å². The molecule has 0 spiro atoms. The van der Waals surface area contributed by atoms with Crippen LogP contribution in [-0.2, 0) is 19.1 Å². The summed E-state index contributed by atoms with van der Waals surface area (Å²) in [6, 6.07) is 9.71. The lowest BCUT2D eigenvalue weighted by Crippen LogP contribution is -2.40. The van der Waals surface area contributed by atoms with Crippen molar-refractivity contribution in [1.29, 1.82) is 0 Å². The zero-order valence-corrected chi connectivity index (χ0v) is 18.7. The van der Waals surface area contributed by atoms with E-state index in [0.29, 0.717) is 12.2 Å². The lowest BCUT2D eigenvalue weighted by Gasteiger charge is -2.26. The van der Waals surface area contributed by atoms with Gasteiger partial charge < -0.3 is 10.4 Å². The van der Waals surface area contributed by atoms with E-state index < -0.39 is 11.6 Å². The van der Waals surface area contributed by atoms with Gasteiger partial charge in [0.1, 0.15) is 0 Å². The summed E-state index contributed by atoms with van der Waals surface area (Å²) >= 11 is 0. The smallest absolute Gasteiger partial charge is 0.405 e. The number of amides is 1. The first kappa shape index (κ1) is 21.6. The number of aryl methyl sites for hydroxylation is 2. The highest BCUT2D eigenvalue weighted by molar-refractivity contribution is 5.77. The van der Waals surface area contributed by atoms with E-state index in [1.807, 2.05) is 51.1 Å². The van der Waals surface area contributed by atoms with E-state index in [0.717, 1.165) is 27.9 Å². The minimum Gasteiger partial charge on any atom is -0.465 e. The van der Waals surface area contributed by atoms with Crippen LogP contribution in [0.5, 0.6) is 0 Å². The third kappa shape index (κ3) is 4.10. The Bertz CT molecular complexity index is 1180. The third-order valence-electron chi connectivity index (χ3n) is 5.27. The summed E-state index contributed by atoms with van der Waals surface area (Å²) < 4.78 is 3.36. The van der Waals surface area contributed by atoms with Gasteiger partial charge in [-0.3, -0.25) is 9.13 Å². The van der Waals surface area contributed by atoms with Crippen molar-refractivity contribution in [3.05, 3.63) is 51.9 Å². The fraction of sp³-hybridized carbons (Fsp3) is 0.435. The van der Waals surface area contributed by atoms with Gasteiger partial charge in [-0.15, -0.1) is 0 Å². The summed E-state index contributed by atoms with van der Waals surface area (Å²) in [6.45, 7) is 12.5. The molecule has 2 heterocycles. The Hall–Kier alpha value is -3.09. The quantitative estimate of drug-likeness (QED) is 0.673. The molecule has 0 unspecified atom stereocenters. The van der Waals surface area contributed by atoms with Crippen LogP contribution >= 0.6 is 0 Å². The molecule has 0 aliphatic heterocycles. The van der Waals surface area contributed by atoms with Gasteiger partial charge in [0.25, 0.3) is 0 Å². The normalized spacial score (nSPS) is 12.4. The minimum atomic E-state index is -1.07. The summed E-state index contributed by atoms with van der Waals surface area (Å²) in [4.78, 5) is 28.8. The number of pyridine rings is 1. The monoisotopic (exact) mass is 410 g/mol. The standard InChI is InChI=1S/C23H30N4O3/c1-14-8-9-15(23(5,6)25-20(28)29)12-16(14)17-10-11-18-19(24-17)26(7)21(30)27(18)13-22(2,3)4/h8-12,25H,13H2,1-7H3,(H,28,29). The Morgan fingerprint density at radius 3 is 2.40 bits per heavy atom. The van der Waals surface area contributed by atoms with Gasteiger partial charge in [-0.2, -0.15) is 0 Å². The molecule has 0 atom stereocenters. The number of hydrogen-bond acceptors (Lipinski definition) is 3. The fourth-order valence-corrected chi connectivity index (χ4v) is 3.68. The second-order valence-electron chi connectivity index (χ2n) is 9.61. The van der Waals surface area contributed by atoms with E-state index in [1.165, 1.54) is 0 Å². The first-order valence-electron chi connectivity index (χ1n) is 9.99. The Morgan fingerprint density at radius 2 is 1.80 bits per heavy atom. The number of benzene rings is 1. The number of nitrogens with zero attached hydrogens (tertiary/aromatic N) is 3. The van der Waals surface area contributed by atoms with Crippen molar-refractivity contribution < 1.29 is 9.90 Å². The van der Waals surface area contributed by atoms with Crippen LogP contribution in [0.2, 0.25) is 0 Å². The fourth-order valence-electron chi connectivity index (χ4n) is 3.68. The highest BCUT2D eigenvalue weighted by Gasteiger charge is 2.24. The second kappa shape index (κ2) is 7.31. The van der Waals surface area contributed by atoms with Crippen LogP contribution in [0, 0.1) is 12.3 Å². The van der Waals surface area contributed by atoms with Crippen molar-refractivity contribution in [3.8, 4) is 11.3 Å². The molecule has 2 aromatic heterocycles. The molecule has 3 aromatic rings. The summed E-state index contributed by atoms with van der Waals surface area (Å²) in [7, 11) is 1.74. The largest absolute Gasteiger partial charge is 0.465 e. The van der Waals surface area contributed by atoms with Gasteiger partial charge >= 0.3 is 11.8 Å². The number of carboxylic acid groups (broad SMARTS) is 1. The maximum Gasteiger partial charge on any atom is 0.405 e. The van der Waals surface area contributed by atoms with Crippen molar-refractivity contribution >= 4 is 17.3 Å². The average molecular weight is 411 g/mol. The maximum atomic E-state index is 12.8. The van der Waals surface area contributed by atoms with Crippen LogP contribution in [0.3, 0.4) is 0 Å². The Kier molecular flexibility index (Phi) is 5.26. The van der Waals surface area contributed by atoms with Crippen LogP contribution in [-0.4, -0.2) is 25.3 Å². The number of rotatable bonds is 4. The summed E-state index contributed by atoms with van der Waals surface area (Å²) in [5.41, 5.74) is 4.09. The van der Waals surface area contributed by atoms with Crippen molar-refractivity contribution in [2.24, 2.45) is 12.5 Å². The molecule has 0 aliphatic rings. The number of carbonyl (C=O) groups is 1. The van der Waals surface area contributed by atoms with Crippen LogP contribution in [0.4, 0.5) is 4.79 Å². The number of imidazole rings is 1. The topological polar surface area (TPSA) is 89.2 Å². The van der Waals surface area contributed by atoms with Gasteiger partial charge in [0.2, 0.25) is 0 Å². The van der Waals surface area contributed by atoms with Crippen LogP contribution in [0.1, 0.15) is 45.7 Å². The molecular weight excluding hydrogens is 380 g/mol. The highest BCUT2D eigenvalue weighted by atomic mass is 16.4. The molecule has 7 heteroatoms. The lowest BCUT2D eigenvalue weighted by molar-refractivity contribution is 0.182. The van der Waals surface area contributed by atoms with Crippen molar-refractivity contribution in [2.45, 2.75) is 53.6 Å². The molecule has 0 saturated carbocycles. The van der Waals surface area contributed by atoms with Gasteiger partial charge in [-0.25, -0.2) is 14.6 Å². The molecule has 1 amide bonds. The minimum absolute atomic E-state index is 0.0373. The zero-order chi connectivity index (χ0) is 22.4. The van der Waals surface area contributed by atoms with E-state index in [1.54, 1.807) is 16.2 Å². The first-order chi connectivity index (χ1) is 13.8. The van der Waals surface area contributed by atoms with Crippen LogP contribution < -0.4 is 11.0 Å². The van der Waals surface area contributed by atoms with Gasteiger partial charge in [-0.1, -0.05) is 32.9 Å². The lowest BCUT2D eigenvalue weighted by atomic mass is 9.90. The molecule has 0 radical (unpaired) electrons. The van der Waals surface area contributed by atoms with Crippen LogP contribution in [0.15, 0.2) is 35.1 Å². The molecule has 160 valence electrons. The van der Waals surface area contributed by atoms with Crippen LogP contribution in [0.25, 0.3) is 22.4 Å². The highest BCUT2D eigenvalue weighted by Crippen LogP contribution is 2.30. The molecule has 30 heavy (non-hydrogen) atoms. The van der Waals surface area contributed by atoms with Gasteiger partial charge in [0.15, 0.2) is 5.65 Å². The molecule has 0 fully saturated rings. The molecule has 0 bridgehead atoms. The zero-order valence-electron chi connectivity index (χ0n) is 18.7. The summed E-state index contributed by atoms with van der Waals surface area (Å²) in [5, 5.41) is 11.7. The third-order valence-corrected chi connectivity index (χ3v) is 5.27. The molecule has 1 aromatic carbocycles. The van der Waals surface area contributed by atoms with Crippen molar-refractivity contribution in [2.75, 3.05) is 0 Å². The molecule has 2 N–H and O–H groups in total. The predicted octanol–water partition coefficient (Wildman–Crippen LogP) is 4.26. The number of fused-ring (bicyclic) bond motifs is 1. The van der Waals surface area contributed by atoms with E-state index >= 15 is 0 Å². The van der Waals surface area contributed by atoms with Gasteiger partial charge in [-0.05, 0) is 55.5 Å². The SMILES string of the molecule is Cc1ccc(C(C)(C)NC(=O)O)cc1-c1ccc2c(n1)n(C)c(=O)n2CC(C)(C)C. The van der Waals surface area contributed by atoms with E-state index in [2.05, 4.69) is 26.1 Å². The first-order valence-corrected chi connectivity index (χ1v) is 9.99. The van der Waals surface area contributed by atoms with Crippen molar-refractivity contribution in [1.82, 2.24) is 19.4 Å². The van der Waals surface area contributed by atoms with E-state index in [4.69, 9.17) is 10.1 Å². The molecule has 0 saturated heterocycles. The number of aromatic nitrogens is 3. The molecular formula is C23H30N4O3. The Balaban J connectivity index is 2.14. The summed E-state index contributed by atoms with van der Waals surface area (Å²) in [5.74, 6) is 0. The Labute approximate surface area is 176 Å². The average Bonchev–Trinajstić information content (AvgIpc) is 2.84. The molecule has 0 aliphatic carbocycles. The Morgan fingerprint density at radius 1 is 1.13 bits per heavy atom. The number of nitrogens with one attached hydrogen (secondary N) is 1. The predicted molar refractivity (Wildman–Crippen MR) is 119 cm³/mol. The molecule has 7 nitrogen and oxygen atoms in total. The summed E-state index contributed by atoms with van der Waals surface area (Å²) in [6.07, 6.45) is -1.07. The van der Waals surface area contributed by atoms with Crippen molar-refractivity contribution in [3.63, 3.8) is 0 Å². The maximum absolute atomic E-state index is 12.8. The van der Waals surface area contributed by atoms with Gasteiger partial charge in [0.05, 0.1) is 16.7 Å². The van der Waals surface area contributed by atoms with Gasteiger partial charge in [0, 0.05) is 19.2 Å². The second-order valence-corrected chi connectivity index (χ2v) is 9.61. The number of hydrogen-bond donors (Lipinski definition) is 2. The van der Waals surface area contributed by atoms with E-state index in [-0.39, 0.29) is 11.1 Å².